The number of carbonyl (C=O) groups excluding carboxylic acids is 4. The number of barbiturate groups is 1. The molecule has 1 fully saturated rings. The van der Waals surface area contributed by atoms with Crippen LogP contribution in [0.1, 0.15) is 32.9 Å². The third kappa shape index (κ3) is 3.94. The van der Waals surface area contributed by atoms with Gasteiger partial charge in [-0.05, 0) is 68.3 Å². The summed E-state index contributed by atoms with van der Waals surface area (Å²) in [5.41, 5.74) is 4.12. The van der Waals surface area contributed by atoms with Gasteiger partial charge < -0.3 is 14.5 Å². The molecule has 8 heteroatoms. The summed E-state index contributed by atoms with van der Waals surface area (Å²) in [6.07, 6.45) is 1.46. The van der Waals surface area contributed by atoms with Crippen molar-refractivity contribution in [2.24, 2.45) is 0 Å². The normalized spacial score (nSPS) is 15.2. The van der Waals surface area contributed by atoms with Gasteiger partial charge in [0, 0.05) is 17.1 Å². The molecular formula is C25H20N3O5-. The molecule has 0 bridgehead atoms. The van der Waals surface area contributed by atoms with E-state index >= 15 is 0 Å². The van der Waals surface area contributed by atoms with Crippen LogP contribution in [0.15, 0.2) is 60.2 Å². The second-order valence-corrected chi connectivity index (χ2v) is 7.79. The highest BCUT2D eigenvalue weighted by atomic mass is 16.4. The number of aromatic carboxylic acids is 1. The Morgan fingerprint density at radius 2 is 1.52 bits per heavy atom. The SMILES string of the molecule is Cc1ccc(N2C(=O)NC(=O)/C(=C\c3cc(C)n(-c4ccc(C(=O)[O-])cc4)c3C)C2=O)cc1. The molecule has 0 atom stereocenters. The fourth-order valence-corrected chi connectivity index (χ4v) is 3.82. The zero-order valence-corrected chi connectivity index (χ0v) is 18.2. The zero-order valence-electron chi connectivity index (χ0n) is 18.2. The quantitative estimate of drug-likeness (QED) is 0.493. The van der Waals surface area contributed by atoms with Gasteiger partial charge in [-0.2, -0.15) is 0 Å². The maximum absolute atomic E-state index is 13.1. The maximum atomic E-state index is 13.1. The lowest BCUT2D eigenvalue weighted by Gasteiger charge is -2.26. The minimum atomic E-state index is -1.26. The molecule has 33 heavy (non-hydrogen) atoms. The van der Waals surface area contributed by atoms with Crippen molar-refractivity contribution < 1.29 is 24.3 Å². The molecule has 4 amide bonds. The Hall–Kier alpha value is -4.46. The Kier molecular flexibility index (Phi) is 5.43. The first-order chi connectivity index (χ1) is 15.7. The summed E-state index contributed by atoms with van der Waals surface area (Å²) < 4.78 is 1.87. The number of hydrogen-bond donors (Lipinski definition) is 1. The van der Waals surface area contributed by atoms with Crippen LogP contribution in [-0.2, 0) is 9.59 Å². The molecule has 0 unspecified atom stereocenters. The lowest BCUT2D eigenvalue weighted by atomic mass is 10.1. The number of nitrogens with zero attached hydrogens (tertiary/aromatic N) is 2. The Balaban J connectivity index is 1.73. The number of urea groups is 1. The van der Waals surface area contributed by atoms with Crippen LogP contribution in [0.4, 0.5) is 10.5 Å². The highest BCUT2D eigenvalue weighted by Gasteiger charge is 2.37. The number of aryl methyl sites for hydroxylation is 2. The van der Waals surface area contributed by atoms with Crippen molar-refractivity contribution in [2.45, 2.75) is 20.8 Å². The molecule has 166 valence electrons. The largest absolute Gasteiger partial charge is 0.545 e. The standard InChI is InChI=1S/C25H21N3O5/c1-14-4-8-20(9-5-14)28-23(30)21(22(29)26-25(28)33)13-18-12-15(2)27(16(18)3)19-10-6-17(7-11-19)24(31)32/h4-13H,1-3H3,(H,31,32)(H,26,29,33)/p-1/b21-13+. The molecule has 1 saturated heterocycles. The van der Waals surface area contributed by atoms with Gasteiger partial charge in [0.25, 0.3) is 11.8 Å². The van der Waals surface area contributed by atoms with Crippen LogP contribution in [0.2, 0.25) is 0 Å². The molecule has 2 heterocycles. The molecule has 1 aromatic heterocycles. The minimum absolute atomic E-state index is 0.0638. The number of anilines is 1. The summed E-state index contributed by atoms with van der Waals surface area (Å²) in [4.78, 5) is 50.0. The summed E-state index contributed by atoms with van der Waals surface area (Å²) in [6, 6.07) is 14.0. The summed E-state index contributed by atoms with van der Waals surface area (Å²) in [5, 5.41) is 13.2. The Morgan fingerprint density at radius 1 is 0.909 bits per heavy atom. The van der Waals surface area contributed by atoms with Gasteiger partial charge in [0.05, 0.1) is 11.7 Å². The van der Waals surface area contributed by atoms with Gasteiger partial charge in [-0.3, -0.25) is 14.9 Å². The van der Waals surface area contributed by atoms with Gasteiger partial charge in [0.15, 0.2) is 0 Å². The molecular weight excluding hydrogens is 422 g/mol. The van der Waals surface area contributed by atoms with Crippen molar-refractivity contribution in [1.82, 2.24) is 9.88 Å². The number of imide groups is 2. The van der Waals surface area contributed by atoms with Crippen LogP contribution >= 0.6 is 0 Å². The van der Waals surface area contributed by atoms with E-state index in [0.29, 0.717) is 11.3 Å². The van der Waals surface area contributed by atoms with Crippen molar-refractivity contribution in [3.63, 3.8) is 0 Å². The van der Waals surface area contributed by atoms with E-state index in [1.807, 2.05) is 31.4 Å². The summed E-state index contributed by atoms with van der Waals surface area (Å²) in [7, 11) is 0. The van der Waals surface area contributed by atoms with Gasteiger partial charge in [0.1, 0.15) is 5.57 Å². The van der Waals surface area contributed by atoms with Gasteiger partial charge in [-0.15, -0.1) is 0 Å². The lowest BCUT2D eigenvalue weighted by Crippen LogP contribution is -2.54. The third-order valence-corrected chi connectivity index (χ3v) is 5.53. The van der Waals surface area contributed by atoms with Crippen molar-refractivity contribution in [3.8, 4) is 5.69 Å². The van der Waals surface area contributed by atoms with E-state index in [2.05, 4.69) is 5.32 Å². The predicted octanol–water partition coefficient (Wildman–Crippen LogP) is 2.43. The van der Waals surface area contributed by atoms with Gasteiger partial charge >= 0.3 is 6.03 Å². The van der Waals surface area contributed by atoms with E-state index < -0.39 is 23.8 Å². The van der Waals surface area contributed by atoms with E-state index in [4.69, 9.17) is 0 Å². The van der Waals surface area contributed by atoms with Gasteiger partial charge in [-0.1, -0.05) is 29.8 Å². The second kappa shape index (κ2) is 8.23. The number of amides is 4. The molecule has 0 saturated carbocycles. The fourth-order valence-electron chi connectivity index (χ4n) is 3.82. The number of benzene rings is 2. The van der Waals surface area contributed by atoms with E-state index in [0.717, 1.165) is 27.5 Å². The number of rotatable bonds is 4. The number of aromatic nitrogens is 1. The monoisotopic (exact) mass is 442 g/mol. The molecule has 3 aromatic rings. The van der Waals surface area contributed by atoms with Gasteiger partial charge in [-0.25, -0.2) is 9.69 Å². The van der Waals surface area contributed by atoms with Crippen LogP contribution < -0.4 is 15.3 Å². The predicted molar refractivity (Wildman–Crippen MR) is 120 cm³/mol. The Bertz CT molecular complexity index is 1330. The summed E-state index contributed by atoms with van der Waals surface area (Å²) in [5.74, 6) is -2.74. The molecule has 0 spiro atoms. The van der Waals surface area contributed by atoms with Crippen molar-refractivity contribution in [3.05, 3.63) is 88.2 Å². The molecule has 2 aromatic carbocycles. The number of nitrogens with one attached hydrogen (secondary N) is 1. The van der Waals surface area contributed by atoms with Crippen LogP contribution in [0, 0.1) is 20.8 Å². The highest BCUT2D eigenvalue weighted by Crippen LogP contribution is 2.26. The summed E-state index contributed by atoms with van der Waals surface area (Å²) >= 11 is 0. The number of carboxylic acids is 1. The van der Waals surface area contributed by atoms with E-state index in [-0.39, 0.29) is 11.1 Å². The Morgan fingerprint density at radius 3 is 2.12 bits per heavy atom. The molecule has 1 aliphatic heterocycles. The average molecular weight is 442 g/mol. The average Bonchev–Trinajstić information content (AvgIpc) is 3.05. The van der Waals surface area contributed by atoms with Crippen LogP contribution in [0.3, 0.4) is 0 Å². The van der Waals surface area contributed by atoms with Crippen molar-refractivity contribution in [1.29, 1.82) is 0 Å². The van der Waals surface area contributed by atoms with Crippen molar-refractivity contribution in [2.75, 3.05) is 4.90 Å². The van der Waals surface area contributed by atoms with E-state index in [1.54, 1.807) is 36.4 Å². The lowest BCUT2D eigenvalue weighted by molar-refractivity contribution is -0.255. The number of carboxylic acid groups (broad SMARTS) is 1. The minimum Gasteiger partial charge on any atom is -0.545 e. The smallest absolute Gasteiger partial charge is 0.335 e. The number of carbonyl (C=O) groups is 4. The van der Waals surface area contributed by atoms with Crippen LogP contribution in [-0.4, -0.2) is 28.4 Å². The number of hydrogen-bond acceptors (Lipinski definition) is 5. The molecule has 1 N–H and O–H groups in total. The van der Waals surface area contributed by atoms with Gasteiger partial charge in [0.2, 0.25) is 0 Å². The van der Waals surface area contributed by atoms with E-state index in [1.165, 1.54) is 18.2 Å². The first kappa shape index (κ1) is 21.8. The first-order valence-corrected chi connectivity index (χ1v) is 10.2. The molecule has 0 radical (unpaired) electrons. The topological polar surface area (TPSA) is 112 Å². The van der Waals surface area contributed by atoms with E-state index in [9.17, 15) is 24.3 Å². The first-order valence-electron chi connectivity index (χ1n) is 10.2. The maximum Gasteiger partial charge on any atom is 0.335 e. The van der Waals surface area contributed by atoms with Crippen LogP contribution in [0.25, 0.3) is 11.8 Å². The molecule has 8 nitrogen and oxygen atoms in total. The summed E-state index contributed by atoms with van der Waals surface area (Å²) in [6.45, 7) is 5.56. The van der Waals surface area contributed by atoms with Crippen molar-refractivity contribution >= 4 is 35.6 Å². The third-order valence-electron chi connectivity index (χ3n) is 5.53. The molecule has 0 aliphatic carbocycles. The molecule has 4 rings (SSSR count). The zero-order chi connectivity index (χ0) is 23.9. The highest BCUT2D eigenvalue weighted by molar-refractivity contribution is 6.39. The fraction of sp³-hybridized carbons (Fsp3) is 0.120. The second-order valence-electron chi connectivity index (χ2n) is 7.79. The van der Waals surface area contributed by atoms with Crippen LogP contribution in [0.5, 0.6) is 0 Å². The Labute approximate surface area is 189 Å². The molecule has 1 aliphatic rings.